The zero-order valence-electron chi connectivity index (χ0n) is 12.8. The maximum atomic E-state index is 11.3. The highest BCUT2D eigenvalue weighted by molar-refractivity contribution is 6.18. The molecular weight excluding hydrogens is 276 g/mol. The normalized spacial score (nSPS) is 12.6. The Morgan fingerprint density at radius 3 is 2.95 bits per heavy atom. The monoisotopic (exact) mass is 296 g/mol. The molecule has 0 aliphatic heterocycles. The fraction of sp³-hybridized carbons (Fsp3) is 0.333. The van der Waals surface area contributed by atoms with Gasteiger partial charge >= 0.3 is 0 Å². The van der Waals surface area contributed by atoms with E-state index in [1.165, 1.54) is 11.1 Å². The van der Waals surface area contributed by atoms with Gasteiger partial charge in [0.25, 0.3) is 0 Å². The van der Waals surface area contributed by atoms with Gasteiger partial charge < -0.3 is 10.3 Å². The molecule has 0 bridgehead atoms. The van der Waals surface area contributed by atoms with E-state index in [2.05, 4.69) is 18.7 Å². The van der Waals surface area contributed by atoms with Gasteiger partial charge in [0.2, 0.25) is 5.91 Å². The highest BCUT2D eigenvalue weighted by Gasteiger charge is 2.24. The fourth-order valence-corrected chi connectivity index (χ4v) is 2.97. The summed E-state index contributed by atoms with van der Waals surface area (Å²) in [7, 11) is 0. The number of aryl methyl sites for hydroxylation is 2. The number of hydrogen-bond donors (Lipinski definition) is 1. The van der Waals surface area contributed by atoms with E-state index in [-0.39, 0.29) is 0 Å². The van der Waals surface area contributed by atoms with Crippen molar-refractivity contribution >= 4 is 11.5 Å². The Morgan fingerprint density at radius 1 is 1.41 bits per heavy atom. The third kappa shape index (κ3) is 2.45. The van der Waals surface area contributed by atoms with E-state index >= 15 is 0 Å². The molecule has 2 N–H and O–H groups in total. The number of nitrogens with zero attached hydrogens (tertiary/aromatic N) is 1. The summed E-state index contributed by atoms with van der Waals surface area (Å²) in [6.07, 6.45) is 5.06. The summed E-state index contributed by atoms with van der Waals surface area (Å²) in [5.41, 5.74) is 10.9. The molecule has 22 heavy (non-hydrogen) atoms. The molecule has 4 nitrogen and oxygen atoms in total. The van der Waals surface area contributed by atoms with Gasteiger partial charge in [-0.3, -0.25) is 4.79 Å². The SMILES string of the molecule is C=C(C(N)=O)c1ccc2c(c1)CCc1c-2noc1CCCC. The second kappa shape index (κ2) is 5.79. The van der Waals surface area contributed by atoms with Crippen molar-refractivity contribution in [3.63, 3.8) is 0 Å². The average Bonchev–Trinajstić information content (AvgIpc) is 2.94. The summed E-state index contributed by atoms with van der Waals surface area (Å²) in [4.78, 5) is 11.3. The number of unbranched alkanes of at least 4 members (excludes halogenated alkanes) is 1. The van der Waals surface area contributed by atoms with E-state index in [9.17, 15) is 4.79 Å². The summed E-state index contributed by atoms with van der Waals surface area (Å²) >= 11 is 0. The predicted molar refractivity (Wildman–Crippen MR) is 86.2 cm³/mol. The van der Waals surface area contributed by atoms with Gasteiger partial charge in [0.1, 0.15) is 11.5 Å². The van der Waals surface area contributed by atoms with E-state index < -0.39 is 5.91 Å². The third-order valence-electron chi connectivity index (χ3n) is 4.28. The Kier molecular flexibility index (Phi) is 3.84. The number of nitrogens with two attached hydrogens (primary N) is 1. The van der Waals surface area contributed by atoms with Crippen LogP contribution in [-0.4, -0.2) is 11.1 Å². The summed E-state index contributed by atoms with van der Waals surface area (Å²) < 4.78 is 5.55. The van der Waals surface area contributed by atoms with Gasteiger partial charge in [-0.2, -0.15) is 0 Å². The lowest BCUT2D eigenvalue weighted by molar-refractivity contribution is -0.112. The maximum Gasteiger partial charge on any atom is 0.248 e. The molecule has 0 atom stereocenters. The number of amides is 1. The highest BCUT2D eigenvalue weighted by Crippen LogP contribution is 2.36. The van der Waals surface area contributed by atoms with Gasteiger partial charge in [0, 0.05) is 23.1 Å². The molecule has 0 spiro atoms. The summed E-state index contributed by atoms with van der Waals surface area (Å²) in [5.74, 6) is 0.535. The first kappa shape index (κ1) is 14.6. The number of fused-ring (bicyclic) bond motifs is 3. The molecule has 1 aliphatic rings. The number of hydrogen-bond acceptors (Lipinski definition) is 3. The highest BCUT2D eigenvalue weighted by atomic mass is 16.5. The van der Waals surface area contributed by atoms with Crippen molar-refractivity contribution in [3.8, 4) is 11.3 Å². The van der Waals surface area contributed by atoms with Crippen LogP contribution in [0.25, 0.3) is 16.8 Å². The number of primary amides is 1. The van der Waals surface area contributed by atoms with Gasteiger partial charge in [0.05, 0.1) is 0 Å². The van der Waals surface area contributed by atoms with Crippen molar-refractivity contribution in [1.82, 2.24) is 5.16 Å². The number of carbonyl (C=O) groups is 1. The topological polar surface area (TPSA) is 69.1 Å². The van der Waals surface area contributed by atoms with Crippen LogP contribution in [-0.2, 0) is 24.1 Å². The van der Waals surface area contributed by atoms with E-state index in [1.807, 2.05) is 18.2 Å². The summed E-state index contributed by atoms with van der Waals surface area (Å²) in [6, 6.07) is 5.86. The van der Waals surface area contributed by atoms with Crippen LogP contribution in [0.1, 0.15) is 42.2 Å². The first-order valence-corrected chi connectivity index (χ1v) is 7.71. The number of aromatic nitrogens is 1. The Hall–Kier alpha value is -2.36. The van der Waals surface area contributed by atoms with E-state index in [0.29, 0.717) is 5.57 Å². The molecule has 3 rings (SSSR count). The van der Waals surface area contributed by atoms with Gasteiger partial charge in [0.15, 0.2) is 0 Å². The minimum Gasteiger partial charge on any atom is -0.366 e. The average molecular weight is 296 g/mol. The van der Waals surface area contributed by atoms with Crippen LogP contribution in [0.5, 0.6) is 0 Å². The molecule has 1 aliphatic carbocycles. The summed E-state index contributed by atoms with van der Waals surface area (Å²) in [6.45, 7) is 5.92. The molecule has 0 saturated heterocycles. The molecule has 1 heterocycles. The lowest BCUT2D eigenvalue weighted by atomic mass is 9.86. The molecule has 1 aromatic carbocycles. The van der Waals surface area contributed by atoms with Crippen molar-refractivity contribution < 1.29 is 9.32 Å². The number of carbonyl (C=O) groups excluding carboxylic acids is 1. The molecule has 0 radical (unpaired) electrons. The first-order valence-electron chi connectivity index (χ1n) is 7.71. The Morgan fingerprint density at radius 2 is 2.23 bits per heavy atom. The van der Waals surface area contributed by atoms with Crippen LogP contribution in [0, 0.1) is 0 Å². The van der Waals surface area contributed by atoms with Crippen molar-refractivity contribution in [2.45, 2.75) is 39.0 Å². The Labute approximate surface area is 130 Å². The zero-order valence-corrected chi connectivity index (χ0v) is 12.8. The second-order valence-electron chi connectivity index (χ2n) is 5.75. The molecule has 1 amide bonds. The Bertz CT molecular complexity index is 744. The molecule has 0 unspecified atom stereocenters. The molecule has 1 aromatic heterocycles. The number of rotatable bonds is 5. The van der Waals surface area contributed by atoms with Crippen molar-refractivity contribution in [3.05, 3.63) is 47.2 Å². The smallest absolute Gasteiger partial charge is 0.248 e. The van der Waals surface area contributed by atoms with Gasteiger partial charge in [-0.25, -0.2) is 0 Å². The lowest BCUT2D eigenvalue weighted by Gasteiger charge is -2.16. The van der Waals surface area contributed by atoms with Crippen LogP contribution in [0.3, 0.4) is 0 Å². The predicted octanol–water partition coefficient (Wildman–Crippen LogP) is 3.28. The van der Waals surface area contributed by atoms with Crippen LogP contribution in [0.2, 0.25) is 0 Å². The zero-order chi connectivity index (χ0) is 15.7. The lowest BCUT2D eigenvalue weighted by Crippen LogP contribution is -2.12. The van der Waals surface area contributed by atoms with Gasteiger partial charge in [-0.05, 0) is 30.4 Å². The molecular formula is C18H20N2O2. The molecule has 114 valence electrons. The number of benzene rings is 1. The molecule has 2 aromatic rings. The maximum absolute atomic E-state index is 11.3. The minimum atomic E-state index is -0.486. The van der Waals surface area contributed by atoms with Crippen LogP contribution < -0.4 is 5.73 Å². The second-order valence-corrected chi connectivity index (χ2v) is 5.75. The molecule has 0 fully saturated rings. The van der Waals surface area contributed by atoms with Crippen LogP contribution >= 0.6 is 0 Å². The van der Waals surface area contributed by atoms with E-state index in [0.717, 1.165) is 54.7 Å². The quantitative estimate of drug-likeness (QED) is 0.861. The van der Waals surface area contributed by atoms with Crippen molar-refractivity contribution in [2.75, 3.05) is 0 Å². The van der Waals surface area contributed by atoms with E-state index in [4.69, 9.17) is 10.3 Å². The largest absolute Gasteiger partial charge is 0.366 e. The van der Waals surface area contributed by atoms with Gasteiger partial charge in [-0.15, -0.1) is 0 Å². The summed E-state index contributed by atoms with van der Waals surface area (Å²) in [5, 5.41) is 4.27. The van der Waals surface area contributed by atoms with Crippen LogP contribution in [0.15, 0.2) is 29.3 Å². The van der Waals surface area contributed by atoms with Crippen LogP contribution in [0.4, 0.5) is 0 Å². The Balaban J connectivity index is 1.97. The first-order chi connectivity index (χ1) is 10.6. The van der Waals surface area contributed by atoms with Crippen molar-refractivity contribution in [2.24, 2.45) is 5.73 Å². The minimum absolute atomic E-state index is 0.345. The van der Waals surface area contributed by atoms with E-state index in [1.54, 1.807) is 0 Å². The van der Waals surface area contributed by atoms with Crippen molar-refractivity contribution in [1.29, 1.82) is 0 Å². The fourth-order valence-electron chi connectivity index (χ4n) is 2.97. The third-order valence-corrected chi connectivity index (χ3v) is 4.28. The molecule has 0 saturated carbocycles. The standard InChI is InChI=1S/C18H20N2O2/c1-3-4-5-16-15-9-7-13-10-12(11(2)18(19)21)6-8-14(13)17(15)20-22-16/h6,8,10H,2-5,7,9H2,1H3,(H2,19,21). The molecule has 4 heteroatoms. The van der Waals surface area contributed by atoms with Gasteiger partial charge in [-0.1, -0.05) is 43.3 Å².